The van der Waals surface area contributed by atoms with Crippen LogP contribution in [-0.2, 0) is 35.1 Å². The van der Waals surface area contributed by atoms with Crippen LogP contribution in [0.2, 0.25) is 0 Å². The van der Waals surface area contributed by atoms with Crippen LogP contribution in [-0.4, -0.2) is 123 Å². The number of quaternary nitrogens is 1. The topological polar surface area (TPSA) is 286 Å². The molecule has 1 fully saturated rings. The van der Waals surface area contributed by atoms with E-state index < -0.39 is 79.0 Å². The highest BCUT2D eigenvalue weighted by molar-refractivity contribution is 5.89. The van der Waals surface area contributed by atoms with Gasteiger partial charge < -0.3 is 69.9 Å². The van der Waals surface area contributed by atoms with Crippen LogP contribution in [0, 0.1) is 0 Å². The molecule has 0 spiro atoms. The summed E-state index contributed by atoms with van der Waals surface area (Å²) in [5, 5.41) is 85.6. The molecular weight excluding hydrogens is 692 g/mol. The number of allylic oxidation sites excluding steroid dienone is 1. The van der Waals surface area contributed by atoms with Gasteiger partial charge in [-0.15, -0.1) is 0 Å². The Kier molecular flexibility index (Phi) is 11.4. The fraction of sp³-hybridized carbons (Fsp3) is 0.353. The Morgan fingerprint density at radius 3 is 2.42 bits per heavy atom. The zero-order chi connectivity index (χ0) is 37.9. The number of aromatic hydroxyl groups is 2. The minimum atomic E-state index is -1.86. The number of rotatable bonds is 12. The van der Waals surface area contributed by atoms with Crippen molar-refractivity contribution in [2.45, 2.75) is 55.6 Å². The van der Waals surface area contributed by atoms with Crippen molar-refractivity contribution < 1.29 is 83.9 Å². The standard InChI is InChI=1S/C34H36N2O16/c1-49-24-10-15(2-4-22(24)37)3-5-27(39)50-14-26-28(40)29(41)30(42)34(52-26)51-25-13-20-17(12-23(25)38)11-21(33(47)48)36(20)7-6-16-8-18(31(43)44)35-19(9-16)32(45)46/h2-6,8,10,12-13,19,21,26,28-30,34-35,37-38,40-42H,7,9,11,14H2,1H3,(H,43,44)(H,45,46)(H,47,48)/b5-3+,16-6-/t19-,21-,26+,28+,29-,30+,34+/m0/s1. The van der Waals surface area contributed by atoms with E-state index in [1.165, 1.54) is 55.7 Å². The number of fused-ring (bicyclic) bond motifs is 1. The number of hydrogen-bond donors (Lipinski definition) is 9. The molecule has 278 valence electrons. The molecule has 0 saturated carbocycles. The summed E-state index contributed by atoms with van der Waals surface area (Å²) in [5.41, 5.74) is 1.18. The van der Waals surface area contributed by atoms with Crippen LogP contribution < -0.4 is 24.8 Å². The Morgan fingerprint density at radius 1 is 1.00 bits per heavy atom. The van der Waals surface area contributed by atoms with Crippen LogP contribution in [0.4, 0.5) is 5.69 Å². The van der Waals surface area contributed by atoms with Crippen molar-refractivity contribution in [2.75, 3.05) is 20.3 Å². The fourth-order valence-corrected chi connectivity index (χ4v) is 6.05. The normalized spacial score (nSPS) is 27.7. The number of ether oxygens (including phenoxy) is 4. The minimum absolute atomic E-state index is 0.0728. The predicted molar refractivity (Wildman–Crippen MR) is 171 cm³/mol. The molecule has 9 N–H and O–H groups in total. The summed E-state index contributed by atoms with van der Waals surface area (Å²) in [7, 11) is 1.36. The van der Waals surface area contributed by atoms with Crippen molar-refractivity contribution in [3.05, 3.63) is 71.0 Å². The molecule has 8 atom stereocenters. The van der Waals surface area contributed by atoms with E-state index in [2.05, 4.69) is 5.32 Å². The van der Waals surface area contributed by atoms with Gasteiger partial charge in [-0.25, -0.2) is 14.4 Å². The van der Waals surface area contributed by atoms with Gasteiger partial charge in [0.2, 0.25) is 6.29 Å². The molecule has 18 nitrogen and oxygen atoms in total. The molecule has 0 bridgehead atoms. The number of carbonyl (C=O) groups is 4. The van der Waals surface area contributed by atoms with E-state index in [0.717, 1.165) is 6.08 Å². The van der Waals surface area contributed by atoms with Gasteiger partial charge >= 0.3 is 17.9 Å². The van der Waals surface area contributed by atoms with Gasteiger partial charge in [0.15, 0.2) is 23.0 Å². The van der Waals surface area contributed by atoms with Crippen molar-refractivity contribution in [1.29, 1.82) is 0 Å². The molecule has 0 amide bonds. The van der Waals surface area contributed by atoms with Gasteiger partial charge in [0.05, 0.1) is 7.11 Å². The van der Waals surface area contributed by atoms with Crippen molar-refractivity contribution in [3.8, 4) is 23.0 Å². The van der Waals surface area contributed by atoms with Gasteiger partial charge in [-0.05, 0) is 47.6 Å². The second kappa shape index (κ2) is 15.7. The third kappa shape index (κ3) is 8.27. The highest BCUT2D eigenvalue weighted by Gasteiger charge is 2.46. The van der Waals surface area contributed by atoms with Gasteiger partial charge in [-0.3, -0.25) is 4.90 Å². The molecular formula is C34H36N2O16. The lowest BCUT2D eigenvalue weighted by molar-refractivity contribution is -0.840. The van der Waals surface area contributed by atoms with Gasteiger partial charge in [0, 0.05) is 30.5 Å². The number of phenols is 2. The zero-order valence-corrected chi connectivity index (χ0v) is 27.4. The van der Waals surface area contributed by atoms with Crippen LogP contribution >= 0.6 is 0 Å². The average Bonchev–Trinajstić information content (AvgIpc) is 3.47. The minimum Gasteiger partial charge on any atom is -0.544 e. The lowest BCUT2D eigenvalue weighted by Crippen LogP contribution is -3.11. The van der Waals surface area contributed by atoms with Crippen molar-refractivity contribution in [3.63, 3.8) is 0 Å². The Labute approximate surface area is 294 Å². The number of benzene rings is 2. The summed E-state index contributed by atoms with van der Waals surface area (Å²) < 4.78 is 21.5. The van der Waals surface area contributed by atoms with Crippen molar-refractivity contribution in [2.24, 2.45) is 0 Å². The molecule has 3 aliphatic rings. The molecule has 3 aliphatic heterocycles. The van der Waals surface area contributed by atoms with E-state index in [9.17, 15) is 60.0 Å². The Hall–Kier alpha value is -5.66. The number of esters is 1. The number of hydrogen-bond acceptors (Lipinski definition) is 15. The van der Waals surface area contributed by atoms with Crippen molar-refractivity contribution in [1.82, 2.24) is 5.32 Å². The van der Waals surface area contributed by atoms with E-state index in [-0.39, 0.29) is 47.2 Å². The van der Waals surface area contributed by atoms with Crippen LogP contribution in [0.15, 0.2) is 59.8 Å². The maximum atomic E-state index is 12.4. The summed E-state index contributed by atoms with van der Waals surface area (Å²) in [5.74, 6) is -5.68. The quantitative estimate of drug-likeness (QED) is 0.0601. The number of methoxy groups -OCH3 is 1. The molecule has 0 aromatic heterocycles. The van der Waals surface area contributed by atoms with E-state index in [1.807, 2.05) is 0 Å². The third-order valence-electron chi connectivity index (χ3n) is 8.79. The number of carbonyl (C=O) groups excluding carboxylic acids is 2. The first-order chi connectivity index (χ1) is 24.7. The van der Waals surface area contributed by atoms with Crippen LogP contribution in [0.25, 0.3) is 6.08 Å². The first kappa shape index (κ1) is 37.6. The first-order valence-corrected chi connectivity index (χ1v) is 15.8. The Balaban J connectivity index is 1.31. The number of nitrogens with one attached hydrogen (secondary N) is 2. The maximum Gasteiger partial charge on any atom is 0.351 e. The lowest BCUT2D eigenvalue weighted by Gasteiger charge is -2.39. The van der Waals surface area contributed by atoms with E-state index >= 15 is 0 Å². The summed E-state index contributed by atoms with van der Waals surface area (Å²) in [6.07, 6.45) is -3.56. The SMILES string of the molecule is COc1cc(/C=C/C(=O)OC[C@H]2O[C@@H](Oc3cc4c(cc3O)C[C@@H](C(=O)[O-])[NH+]4C/C=C3/C=C(C(=O)O)N[C@H](C(=O)O)C3)[C@H](O)[C@@H](O)[C@@H]2O)ccc1O. The fourth-order valence-electron chi connectivity index (χ4n) is 6.05. The van der Waals surface area contributed by atoms with Crippen LogP contribution in [0.3, 0.4) is 0 Å². The molecule has 5 rings (SSSR count). The van der Waals surface area contributed by atoms with Crippen LogP contribution in [0.1, 0.15) is 17.5 Å². The Morgan fingerprint density at radius 2 is 1.75 bits per heavy atom. The first-order valence-electron chi connectivity index (χ1n) is 15.8. The molecule has 1 saturated heterocycles. The largest absolute Gasteiger partial charge is 0.544 e. The monoisotopic (exact) mass is 728 g/mol. The average molecular weight is 729 g/mol. The summed E-state index contributed by atoms with van der Waals surface area (Å²) in [6, 6.07) is 4.48. The molecule has 2 aromatic rings. The number of aliphatic hydroxyl groups is 3. The van der Waals surface area contributed by atoms with Gasteiger partial charge in [-0.1, -0.05) is 6.07 Å². The number of aliphatic carboxylic acids is 3. The predicted octanol–water partition coefficient (Wildman–Crippen LogP) is -2.92. The number of aliphatic hydroxyl groups excluding tert-OH is 3. The van der Waals surface area contributed by atoms with Crippen LogP contribution in [0.5, 0.6) is 23.0 Å². The van der Waals surface area contributed by atoms with E-state index in [1.54, 1.807) is 0 Å². The Bertz CT molecular complexity index is 1820. The summed E-state index contributed by atoms with van der Waals surface area (Å²) >= 11 is 0. The molecule has 0 aliphatic carbocycles. The second-order valence-electron chi connectivity index (χ2n) is 12.2. The molecule has 1 unspecified atom stereocenters. The molecule has 0 radical (unpaired) electrons. The maximum absolute atomic E-state index is 12.4. The van der Waals surface area contributed by atoms with Gasteiger partial charge in [0.25, 0.3) is 0 Å². The van der Waals surface area contributed by atoms with E-state index in [4.69, 9.17) is 18.9 Å². The summed E-state index contributed by atoms with van der Waals surface area (Å²) in [4.78, 5) is 47.9. The molecule has 52 heavy (non-hydrogen) atoms. The lowest BCUT2D eigenvalue weighted by atomic mass is 9.99. The highest BCUT2D eigenvalue weighted by Crippen LogP contribution is 2.36. The second-order valence-corrected chi connectivity index (χ2v) is 12.2. The number of carboxylic acids is 3. The molecule has 3 heterocycles. The number of carboxylic acid groups (broad SMARTS) is 3. The smallest absolute Gasteiger partial charge is 0.351 e. The van der Waals surface area contributed by atoms with Gasteiger partial charge in [0.1, 0.15) is 67.0 Å². The molecule has 2 aromatic carbocycles. The molecule has 18 heteroatoms. The summed E-state index contributed by atoms with van der Waals surface area (Å²) in [6.45, 7) is -0.671. The van der Waals surface area contributed by atoms with Crippen molar-refractivity contribution >= 4 is 35.6 Å². The zero-order valence-electron chi connectivity index (χ0n) is 27.4. The third-order valence-corrected chi connectivity index (χ3v) is 8.79. The highest BCUT2D eigenvalue weighted by atomic mass is 16.7. The van der Waals surface area contributed by atoms with E-state index in [0.29, 0.717) is 22.4 Å². The number of phenolic OH excluding ortho intramolecular Hbond substituents is 2. The van der Waals surface area contributed by atoms with Gasteiger partial charge in [-0.2, -0.15) is 0 Å².